The van der Waals surface area contributed by atoms with Gasteiger partial charge in [0.25, 0.3) is 0 Å². The second kappa shape index (κ2) is 5.31. The van der Waals surface area contributed by atoms with Crippen LogP contribution in [0.15, 0.2) is 12.7 Å². The quantitative estimate of drug-likeness (QED) is 0.659. The predicted octanol–water partition coefficient (Wildman–Crippen LogP) is 1.50. The second-order valence-corrected chi connectivity index (χ2v) is 4.38. The van der Waals surface area contributed by atoms with Crippen molar-refractivity contribution in [3.05, 3.63) is 12.7 Å². The van der Waals surface area contributed by atoms with Crippen LogP contribution < -0.4 is 0 Å². The molecule has 1 unspecified atom stereocenters. The molecule has 0 saturated carbocycles. The lowest BCUT2D eigenvalue weighted by atomic mass is 10.1. The van der Waals surface area contributed by atoms with Gasteiger partial charge in [-0.25, -0.2) is 0 Å². The average Bonchev–Trinajstić information content (AvgIpc) is 2.26. The van der Waals surface area contributed by atoms with E-state index in [1.54, 1.807) is 0 Å². The van der Waals surface area contributed by atoms with Crippen LogP contribution in [-0.4, -0.2) is 47.4 Å². The number of amides is 1. The zero-order valence-corrected chi connectivity index (χ0v) is 10.1. The molecule has 0 aliphatic carbocycles. The van der Waals surface area contributed by atoms with E-state index in [1.807, 2.05) is 4.90 Å². The molecule has 1 aliphatic heterocycles. The molecule has 0 spiro atoms. The van der Waals surface area contributed by atoms with Gasteiger partial charge in [-0.15, -0.1) is 0 Å². The van der Waals surface area contributed by atoms with Gasteiger partial charge in [0, 0.05) is 31.7 Å². The highest BCUT2D eigenvalue weighted by Crippen LogP contribution is 2.15. The fraction of sp³-hybridized carbons (Fsp3) is 0.750. The summed E-state index contributed by atoms with van der Waals surface area (Å²) in [4.78, 5) is 15.9. The molecular weight excluding hydrogens is 188 g/mol. The molecule has 1 amide bonds. The minimum absolute atomic E-state index is 0.0665. The maximum absolute atomic E-state index is 11.5. The van der Waals surface area contributed by atoms with Crippen molar-refractivity contribution in [3.63, 3.8) is 0 Å². The van der Waals surface area contributed by atoms with E-state index in [0.29, 0.717) is 12.1 Å². The summed E-state index contributed by atoms with van der Waals surface area (Å²) in [6.45, 7) is 12.8. The van der Waals surface area contributed by atoms with Crippen molar-refractivity contribution >= 4 is 5.91 Å². The Kier molecular flexibility index (Phi) is 4.33. The van der Waals surface area contributed by atoms with Crippen LogP contribution in [0.3, 0.4) is 0 Å². The van der Waals surface area contributed by atoms with E-state index >= 15 is 0 Å². The first-order valence-corrected chi connectivity index (χ1v) is 5.77. The Morgan fingerprint density at radius 3 is 2.67 bits per heavy atom. The van der Waals surface area contributed by atoms with Gasteiger partial charge in [0.15, 0.2) is 0 Å². The van der Waals surface area contributed by atoms with Crippen molar-refractivity contribution in [1.29, 1.82) is 0 Å². The molecule has 15 heavy (non-hydrogen) atoms. The van der Waals surface area contributed by atoms with Gasteiger partial charge in [0.2, 0.25) is 5.91 Å². The number of carbonyl (C=O) groups excluding carboxylic acids is 1. The van der Waals surface area contributed by atoms with E-state index in [1.165, 1.54) is 6.08 Å². The first-order valence-electron chi connectivity index (χ1n) is 5.77. The molecule has 0 aromatic carbocycles. The normalized spacial score (nSPS) is 23.2. The van der Waals surface area contributed by atoms with E-state index in [4.69, 9.17) is 0 Å². The maximum Gasteiger partial charge on any atom is 0.246 e. The summed E-state index contributed by atoms with van der Waals surface area (Å²) < 4.78 is 0. The molecule has 1 heterocycles. The predicted molar refractivity (Wildman–Crippen MR) is 62.7 cm³/mol. The van der Waals surface area contributed by atoms with Crippen LogP contribution in [0, 0.1) is 0 Å². The third-order valence-electron chi connectivity index (χ3n) is 3.15. The van der Waals surface area contributed by atoms with Crippen LogP contribution in [0.25, 0.3) is 0 Å². The molecule has 1 aliphatic rings. The van der Waals surface area contributed by atoms with Gasteiger partial charge < -0.3 is 4.90 Å². The van der Waals surface area contributed by atoms with Crippen LogP contribution in [-0.2, 0) is 4.79 Å². The van der Waals surface area contributed by atoms with E-state index in [-0.39, 0.29) is 5.91 Å². The van der Waals surface area contributed by atoms with Gasteiger partial charge in [-0.05, 0) is 26.3 Å². The summed E-state index contributed by atoms with van der Waals surface area (Å²) in [5.74, 6) is 0.0665. The lowest BCUT2D eigenvalue weighted by Crippen LogP contribution is -2.56. The molecule has 1 fully saturated rings. The van der Waals surface area contributed by atoms with E-state index < -0.39 is 0 Å². The number of hydrogen-bond acceptors (Lipinski definition) is 2. The summed E-state index contributed by atoms with van der Waals surface area (Å²) in [5.41, 5.74) is 0. The smallest absolute Gasteiger partial charge is 0.246 e. The Morgan fingerprint density at radius 1 is 1.53 bits per heavy atom. The molecule has 1 rings (SSSR count). The third kappa shape index (κ3) is 2.81. The van der Waals surface area contributed by atoms with Crippen molar-refractivity contribution in [1.82, 2.24) is 9.80 Å². The van der Waals surface area contributed by atoms with Crippen LogP contribution in [0.1, 0.15) is 27.2 Å². The lowest BCUT2D eigenvalue weighted by molar-refractivity contribution is -0.129. The first-order chi connectivity index (χ1) is 7.10. The third-order valence-corrected chi connectivity index (χ3v) is 3.15. The number of rotatable bonds is 3. The van der Waals surface area contributed by atoms with Crippen LogP contribution in [0.4, 0.5) is 0 Å². The summed E-state index contributed by atoms with van der Waals surface area (Å²) >= 11 is 0. The molecule has 0 bridgehead atoms. The Hall–Kier alpha value is -0.830. The molecule has 3 heteroatoms. The molecule has 0 aromatic rings. The van der Waals surface area contributed by atoms with E-state index in [9.17, 15) is 4.79 Å². The topological polar surface area (TPSA) is 23.6 Å². The van der Waals surface area contributed by atoms with E-state index in [0.717, 1.165) is 26.1 Å². The number of nitrogens with zero attached hydrogens (tertiary/aromatic N) is 2. The minimum Gasteiger partial charge on any atom is -0.336 e. The molecule has 1 saturated heterocycles. The monoisotopic (exact) mass is 210 g/mol. The van der Waals surface area contributed by atoms with Crippen molar-refractivity contribution in [2.45, 2.75) is 39.3 Å². The highest BCUT2D eigenvalue weighted by molar-refractivity contribution is 5.87. The van der Waals surface area contributed by atoms with Crippen molar-refractivity contribution in [2.24, 2.45) is 0 Å². The molecular formula is C12H22N2O. The average molecular weight is 210 g/mol. The summed E-state index contributed by atoms with van der Waals surface area (Å²) in [7, 11) is 0. The summed E-state index contributed by atoms with van der Waals surface area (Å²) in [6.07, 6.45) is 2.51. The van der Waals surface area contributed by atoms with Crippen molar-refractivity contribution in [3.8, 4) is 0 Å². The summed E-state index contributed by atoms with van der Waals surface area (Å²) in [5, 5.41) is 0. The van der Waals surface area contributed by atoms with Gasteiger partial charge in [-0.1, -0.05) is 13.5 Å². The largest absolute Gasteiger partial charge is 0.336 e. The first kappa shape index (κ1) is 12.2. The standard InChI is InChI=1S/C12H22N2O/c1-5-11-9-13(12(15)6-2)7-8-14(11)10(3)4/h6,10-11H,2,5,7-9H2,1,3-4H3. The minimum atomic E-state index is 0.0665. The van der Waals surface area contributed by atoms with Gasteiger partial charge in [0.1, 0.15) is 0 Å². The van der Waals surface area contributed by atoms with Gasteiger partial charge >= 0.3 is 0 Å². The van der Waals surface area contributed by atoms with Crippen LogP contribution in [0.2, 0.25) is 0 Å². The SMILES string of the molecule is C=CC(=O)N1CCN(C(C)C)C(CC)C1. The lowest BCUT2D eigenvalue weighted by Gasteiger charge is -2.43. The van der Waals surface area contributed by atoms with Gasteiger partial charge in [-0.2, -0.15) is 0 Å². The molecule has 0 N–H and O–H groups in total. The fourth-order valence-electron chi connectivity index (χ4n) is 2.24. The van der Waals surface area contributed by atoms with Crippen molar-refractivity contribution in [2.75, 3.05) is 19.6 Å². The second-order valence-electron chi connectivity index (χ2n) is 4.38. The Morgan fingerprint density at radius 2 is 2.20 bits per heavy atom. The molecule has 0 aromatic heterocycles. The van der Waals surface area contributed by atoms with Crippen LogP contribution >= 0.6 is 0 Å². The van der Waals surface area contributed by atoms with E-state index in [2.05, 4.69) is 32.3 Å². The molecule has 86 valence electrons. The molecule has 0 radical (unpaired) electrons. The summed E-state index contributed by atoms with van der Waals surface area (Å²) in [6, 6.07) is 1.07. The zero-order valence-electron chi connectivity index (χ0n) is 10.1. The number of carbonyl (C=O) groups is 1. The van der Waals surface area contributed by atoms with Crippen molar-refractivity contribution < 1.29 is 4.79 Å². The molecule has 1 atom stereocenters. The highest BCUT2D eigenvalue weighted by Gasteiger charge is 2.28. The molecule has 3 nitrogen and oxygen atoms in total. The Labute approximate surface area is 92.7 Å². The van der Waals surface area contributed by atoms with Crippen LogP contribution in [0.5, 0.6) is 0 Å². The van der Waals surface area contributed by atoms with Gasteiger partial charge in [0.05, 0.1) is 0 Å². The Bertz CT molecular complexity index is 238. The fourth-order valence-corrected chi connectivity index (χ4v) is 2.24. The number of hydrogen-bond donors (Lipinski definition) is 0. The number of piperazine rings is 1. The zero-order chi connectivity index (χ0) is 11.4. The maximum atomic E-state index is 11.5. The Balaban J connectivity index is 2.62. The highest BCUT2D eigenvalue weighted by atomic mass is 16.2. The van der Waals surface area contributed by atoms with Gasteiger partial charge in [-0.3, -0.25) is 9.69 Å².